The second kappa shape index (κ2) is 6.80. The Morgan fingerprint density at radius 2 is 1.86 bits per heavy atom. The number of aliphatic hydroxyl groups is 1. The summed E-state index contributed by atoms with van der Waals surface area (Å²) in [6.45, 7) is 5.09. The predicted octanol–water partition coefficient (Wildman–Crippen LogP) is 3.21. The van der Waals surface area contributed by atoms with Crippen LogP contribution in [0.25, 0.3) is 0 Å². The summed E-state index contributed by atoms with van der Waals surface area (Å²) in [6.07, 6.45) is 6.22. The lowest BCUT2D eigenvalue weighted by Gasteiger charge is -2.34. The lowest BCUT2D eigenvalue weighted by Crippen LogP contribution is -2.41. The van der Waals surface area contributed by atoms with Gasteiger partial charge in [0.2, 0.25) is 0 Å². The van der Waals surface area contributed by atoms with E-state index in [0.717, 1.165) is 31.8 Å². The van der Waals surface area contributed by atoms with Gasteiger partial charge in [0.25, 0.3) is 0 Å². The highest BCUT2D eigenvalue weighted by atomic mass is 16.5. The maximum Gasteiger partial charge on any atom is 0.119 e. The van der Waals surface area contributed by atoms with Crippen LogP contribution < -0.4 is 4.74 Å². The molecule has 0 aromatic heterocycles. The van der Waals surface area contributed by atoms with E-state index in [2.05, 4.69) is 36.1 Å². The van der Waals surface area contributed by atoms with Crippen molar-refractivity contribution in [1.29, 1.82) is 0 Å². The number of nitrogens with zero attached hydrogens (tertiary/aromatic N) is 1. The Hall–Kier alpha value is -1.06. The van der Waals surface area contributed by atoms with Gasteiger partial charge in [0.1, 0.15) is 5.75 Å². The van der Waals surface area contributed by atoms with Gasteiger partial charge in [0.05, 0.1) is 12.2 Å². The molecule has 3 heteroatoms. The SMILES string of the molecule is CC1CN(Cc2ccc(OC3CCCC3)cc2)CCC1O. The van der Waals surface area contributed by atoms with E-state index in [0.29, 0.717) is 12.0 Å². The summed E-state index contributed by atoms with van der Waals surface area (Å²) in [6, 6.07) is 8.58. The van der Waals surface area contributed by atoms with Crippen molar-refractivity contribution in [1.82, 2.24) is 4.90 Å². The van der Waals surface area contributed by atoms with Gasteiger partial charge in [-0.05, 0) is 55.7 Å². The van der Waals surface area contributed by atoms with Crippen molar-refractivity contribution in [3.05, 3.63) is 29.8 Å². The normalized spacial score (nSPS) is 27.9. The average molecular weight is 289 g/mol. The topological polar surface area (TPSA) is 32.7 Å². The molecule has 0 radical (unpaired) electrons. The third-order valence-corrected chi connectivity index (χ3v) is 4.88. The van der Waals surface area contributed by atoms with Crippen LogP contribution in [0, 0.1) is 5.92 Å². The molecule has 1 aromatic rings. The molecule has 1 saturated heterocycles. The van der Waals surface area contributed by atoms with Crippen molar-refractivity contribution in [2.75, 3.05) is 13.1 Å². The minimum absolute atomic E-state index is 0.122. The summed E-state index contributed by atoms with van der Waals surface area (Å²) in [5.41, 5.74) is 1.33. The molecule has 0 spiro atoms. The van der Waals surface area contributed by atoms with Crippen LogP contribution in [-0.4, -0.2) is 35.3 Å². The van der Waals surface area contributed by atoms with Crippen molar-refractivity contribution in [2.24, 2.45) is 5.92 Å². The quantitative estimate of drug-likeness (QED) is 0.924. The highest BCUT2D eigenvalue weighted by molar-refractivity contribution is 5.27. The second-order valence-electron chi connectivity index (χ2n) is 6.74. The van der Waals surface area contributed by atoms with Gasteiger partial charge in [0, 0.05) is 19.6 Å². The van der Waals surface area contributed by atoms with Crippen LogP contribution in [0.2, 0.25) is 0 Å². The molecule has 1 saturated carbocycles. The number of aliphatic hydroxyl groups excluding tert-OH is 1. The molecule has 1 N–H and O–H groups in total. The van der Waals surface area contributed by atoms with Crippen molar-refractivity contribution < 1.29 is 9.84 Å². The van der Waals surface area contributed by atoms with E-state index in [9.17, 15) is 5.11 Å². The highest BCUT2D eigenvalue weighted by Gasteiger charge is 2.24. The number of ether oxygens (including phenoxy) is 1. The van der Waals surface area contributed by atoms with E-state index < -0.39 is 0 Å². The van der Waals surface area contributed by atoms with Gasteiger partial charge >= 0.3 is 0 Å². The molecule has 1 aromatic carbocycles. The summed E-state index contributed by atoms with van der Waals surface area (Å²) < 4.78 is 6.00. The maximum atomic E-state index is 9.79. The second-order valence-corrected chi connectivity index (χ2v) is 6.74. The van der Waals surface area contributed by atoms with Gasteiger partial charge in [-0.2, -0.15) is 0 Å². The Morgan fingerprint density at radius 1 is 1.14 bits per heavy atom. The van der Waals surface area contributed by atoms with E-state index in [-0.39, 0.29) is 6.10 Å². The van der Waals surface area contributed by atoms with Gasteiger partial charge in [0.15, 0.2) is 0 Å². The van der Waals surface area contributed by atoms with E-state index in [1.165, 1.54) is 31.2 Å². The van der Waals surface area contributed by atoms with Crippen LogP contribution in [-0.2, 0) is 6.54 Å². The summed E-state index contributed by atoms with van der Waals surface area (Å²) in [5, 5.41) is 9.79. The first-order chi connectivity index (χ1) is 10.2. The number of likely N-dealkylation sites (tertiary alicyclic amines) is 1. The Bertz CT molecular complexity index is 439. The molecule has 2 unspecified atom stereocenters. The maximum absolute atomic E-state index is 9.79. The number of hydrogen-bond acceptors (Lipinski definition) is 3. The molecular formula is C18H27NO2. The average Bonchev–Trinajstić information content (AvgIpc) is 2.98. The monoisotopic (exact) mass is 289 g/mol. The molecular weight excluding hydrogens is 262 g/mol. The molecule has 2 atom stereocenters. The molecule has 3 rings (SSSR count). The van der Waals surface area contributed by atoms with Gasteiger partial charge < -0.3 is 9.84 Å². The zero-order valence-corrected chi connectivity index (χ0v) is 13.0. The van der Waals surface area contributed by atoms with E-state index in [1.54, 1.807) is 0 Å². The summed E-state index contributed by atoms with van der Waals surface area (Å²) >= 11 is 0. The molecule has 3 nitrogen and oxygen atoms in total. The summed E-state index contributed by atoms with van der Waals surface area (Å²) in [5.74, 6) is 1.39. The predicted molar refractivity (Wildman–Crippen MR) is 84.4 cm³/mol. The third kappa shape index (κ3) is 3.98. The van der Waals surface area contributed by atoms with Gasteiger partial charge in [-0.1, -0.05) is 19.1 Å². The lowest BCUT2D eigenvalue weighted by molar-refractivity contribution is 0.0320. The number of piperidine rings is 1. The van der Waals surface area contributed by atoms with Crippen molar-refractivity contribution in [2.45, 2.75) is 57.8 Å². The molecule has 0 bridgehead atoms. The van der Waals surface area contributed by atoms with E-state index >= 15 is 0 Å². The number of rotatable bonds is 4. The molecule has 0 amide bonds. The number of benzene rings is 1. The molecule has 2 fully saturated rings. The summed E-state index contributed by atoms with van der Waals surface area (Å²) in [4.78, 5) is 2.43. The fourth-order valence-corrected chi connectivity index (χ4v) is 3.49. The zero-order valence-electron chi connectivity index (χ0n) is 13.0. The molecule has 21 heavy (non-hydrogen) atoms. The minimum Gasteiger partial charge on any atom is -0.490 e. The highest BCUT2D eigenvalue weighted by Crippen LogP contribution is 2.25. The smallest absolute Gasteiger partial charge is 0.119 e. The minimum atomic E-state index is -0.122. The van der Waals surface area contributed by atoms with Gasteiger partial charge in [-0.15, -0.1) is 0 Å². The van der Waals surface area contributed by atoms with Crippen molar-refractivity contribution >= 4 is 0 Å². The van der Waals surface area contributed by atoms with Crippen LogP contribution in [0.1, 0.15) is 44.6 Å². The van der Waals surface area contributed by atoms with Crippen LogP contribution in [0.5, 0.6) is 5.75 Å². The molecule has 116 valence electrons. The van der Waals surface area contributed by atoms with Crippen molar-refractivity contribution in [3.63, 3.8) is 0 Å². The van der Waals surface area contributed by atoms with E-state index in [1.807, 2.05) is 0 Å². The zero-order chi connectivity index (χ0) is 14.7. The fraction of sp³-hybridized carbons (Fsp3) is 0.667. The van der Waals surface area contributed by atoms with E-state index in [4.69, 9.17) is 4.74 Å². The van der Waals surface area contributed by atoms with Crippen LogP contribution in [0.3, 0.4) is 0 Å². The van der Waals surface area contributed by atoms with Crippen LogP contribution in [0.4, 0.5) is 0 Å². The first kappa shape index (κ1) is 14.9. The largest absolute Gasteiger partial charge is 0.490 e. The molecule has 1 aliphatic heterocycles. The Balaban J connectivity index is 1.52. The van der Waals surface area contributed by atoms with Gasteiger partial charge in [-0.3, -0.25) is 4.90 Å². The van der Waals surface area contributed by atoms with Crippen LogP contribution >= 0.6 is 0 Å². The van der Waals surface area contributed by atoms with Crippen molar-refractivity contribution in [3.8, 4) is 5.75 Å². The number of hydrogen-bond donors (Lipinski definition) is 1. The Kier molecular flexibility index (Phi) is 4.81. The Morgan fingerprint density at radius 3 is 2.52 bits per heavy atom. The van der Waals surface area contributed by atoms with Crippen LogP contribution in [0.15, 0.2) is 24.3 Å². The molecule has 2 aliphatic rings. The third-order valence-electron chi connectivity index (χ3n) is 4.88. The fourth-order valence-electron chi connectivity index (χ4n) is 3.49. The molecule has 1 aliphatic carbocycles. The standard InChI is InChI=1S/C18H27NO2/c1-14-12-19(11-10-18(14)20)13-15-6-8-17(9-7-15)21-16-4-2-3-5-16/h6-9,14,16,18,20H,2-5,10-13H2,1H3. The Labute approximate surface area is 127 Å². The van der Waals surface area contributed by atoms with Gasteiger partial charge in [-0.25, -0.2) is 0 Å². The lowest BCUT2D eigenvalue weighted by atomic mass is 9.96. The first-order valence-electron chi connectivity index (χ1n) is 8.37. The summed E-state index contributed by atoms with van der Waals surface area (Å²) in [7, 11) is 0. The first-order valence-corrected chi connectivity index (χ1v) is 8.37. The molecule has 1 heterocycles.